The first kappa shape index (κ1) is 19.6. The number of nitrogens with one attached hydrogen (secondary N) is 1. The molecule has 0 radical (unpaired) electrons. The number of hydrogen-bond donors (Lipinski definition) is 1. The van der Waals surface area contributed by atoms with Crippen molar-refractivity contribution in [3.8, 4) is 0 Å². The van der Waals surface area contributed by atoms with Crippen LogP contribution in [0.1, 0.15) is 35.1 Å². The highest BCUT2D eigenvalue weighted by Gasteiger charge is 2.25. The van der Waals surface area contributed by atoms with E-state index in [0.717, 1.165) is 32.5 Å². The largest absolute Gasteiger partial charge is 0.356 e. The van der Waals surface area contributed by atoms with Gasteiger partial charge in [0, 0.05) is 19.0 Å². The minimum absolute atomic E-state index is 0.0699. The molecule has 0 bridgehead atoms. The minimum atomic E-state index is -0.202. The van der Waals surface area contributed by atoms with E-state index in [1.54, 1.807) is 12.1 Å². The Morgan fingerprint density at radius 2 is 1.85 bits per heavy atom. The van der Waals surface area contributed by atoms with Crippen LogP contribution >= 0.6 is 0 Å². The molecule has 144 valence electrons. The molecule has 1 aliphatic rings. The van der Waals surface area contributed by atoms with Gasteiger partial charge in [0.05, 0.1) is 0 Å². The molecule has 0 aromatic heterocycles. The summed E-state index contributed by atoms with van der Waals surface area (Å²) in [5, 5.41) is 2.99. The molecule has 0 spiro atoms. The van der Waals surface area contributed by atoms with Crippen molar-refractivity contribution in [3.05, 3.63) is 70.5 Å². The molecule has 27 heavy (non-hydrogen) atoms. The summed E-state index contributed by atoms with van der Waals surface area (Å²) in [6, 6.07) is 13.3. The number of amides is 1. The smallest absolute Gasteiger partial charge is 0.223 e. The molecule has 1 saturated heterocycles. The van der Waals surface area contributed by atoms with Crippen LogP contribution in [0.5, 0.6) is 0 Å². The molecule has 1 amide bonds. The van der Waals surface area contributed by atoms with Crippen molar-refractivity contribution in [3.63, 3.8) is 0 Å². The summed E-state index contributed by atoms with van der Waals surface area (Å²) in [7, 11) is 0. The number of piperidine rings is 1. The Kier molecular flexibility index (Phi) is 6.62. The normalized spacial score (nSPS) is 15.7. The molecule has 2 aromatic carbocycles. The van der Waals surface area contributed by atoms with Crippen molar-refractivity contribution < 1.29 is 9.18 Å². The topological polar surface area (TPSA) is 32.3 Å². The number of likely N-dealkylation sites (tertiary alicyclic amines) is 1. The van der Waals surface area contributed by atoms with Gasteiger partial charge in [-0.3, -0.25) is 9.69 Å². The highest BCUT2D eigenvalue weighted by atomic mass is 19.1. The number of carbonyl (C=O) groups excluding carboxylic acids is 1. The van der Waals surface area contributed by atoms with Crippen LogP contribution in [0.4, 0.5) is 4.39 Å². The van der Waals surface area contributed by atoms with Crippen molar-refractivity contribution in [2.24, 2.45) is 5.92 Å². The second kappa shape index (κ2) is 9.14. The van der Waals surface area contributed by atoms with Crippen LogP contribution in [0.25, 0.3) is 0 Å². The van der Waals surface area contributed by atoms with Gasteiger partial charge in [0.2, 0.25) is 5.91 Å². The second-order valence-corrected chi connectivity index (χ2v) is 7.61. The average Bonchev–Trinajstić information content (AvgIpc) is 2.67. The predicted molar refractivity (Wildman–Crippen MR) is 107 cm³/mol. The molecule has 3 rings (SSSR count). The van der Waals surface area contributed by atoms with Gasteiger partial charge in [-0.1, -0.05) is 42.0 Å². The van der Waals surface area contributed by atoms with Crippen LogP contribution in [-0.2, 0) is 17.8 Å². The lowest BCUT2D eigenvalue weighted by molar-refractivity contribution is -0.126. The zero-order valence-corrected chi connectivity index (χ0v) is 16.3. The molecule has 0 saturated carbocycles. The summed E-state index contributed by atoms with van der Waals surface area (Å²) in [5.41, 5.74) is 4.65. The predicted octanol–water partition coefficient (Wildman–Crippen LogP) is 4.01. The maximum absolute atomic E-state index is 13.6. The zero-order valence-electron chi connectivity index (χ0n) is 16.3. The van der Waals surface area contributed by atoms with E-state index < -0.39 is 0 Å². The Morgan fingerprint density at radius 3 is 2.59 bits per heavy atom. The van der Waals surface area contributed by atoms with Gasteiger partial charge < -0.3 is 5.32 Å². The first-order chi connectivity index (χ1) is 13.0. The summed E-state index contributed by atoms with van der Waals surface area (Å²) in [5.74, 6) is -0.0234. The van der Waals surface area contributed by atoms with Crippen LogP contribution in [0.15, 0.2) is 42.5 Å². The van der Waals surface area contributed by atoms with Crippen molar-refractivity contribution in [1.82, 2.24) is 10.2 Å². The van der Waals surface area contributed by atoms with Crippen LogP contribution in [0.3, 0.4) is 0 Å². The number of halogens is 1. The van der Waals surface area contributed by atoms with Gasteiger partial charge in [-0.25, -0.2) is 4.39 Å². The molecular formula is C23H29FN2O. The molecule has 1 fully saturated rings. The molecule has 2 aromatic rings. The molecule has 3 nitrogen and oxygen atoms in total. The third-order valence-electron chi connectivity index (χ3n) is 5.51. The molecular weight excluding hydrogens is 339 g/mol. The Balaban J connectivity index is 1.42. The zero-order chi connectivity index (χ0) is 19.2. The van der Waals surface area contributed by atoms with Crippen molar-refractivity contribution in [2.45, 2.75) is 39.7 Å². The highest BCUT2D eigenvalue weighted by Crippen LogP contribution is 2.21. The Labute approximate surface area is 161 Å². The van der Waals surface area contributed by atoms with E-state index in [0.29, 0.717) is 18.5 Å². The van der Waals surface area contributed by atoms with Crippen molar-refractivity contribution >= 4 is 5.91 Å². The summed E-state index contributed by atoms with van der Waals surface area (Å²) in [6.45, 7) is 7.61. The lowest BCUT2D eigenvalue weighted by Gasteiger charge is -2.31. The SMILES string of the molecule is Cc1ccc(C)c(CN2CCC(C(=O)NCCc3ccccc3F)CC2)c1. The number of benzene rings is 2. The number of carbonyl (C=O) groups is 1. The van der Waals surface area contributed by atoms with E-state index in [1.807, 2.05) is 6.07 Å². The summed E-state index contributed by atoms with van der Waals surface area (Å²) >= 11 is 0. The van der Waals surface area contributed by atoms with Gasteiger partial charge in [0.15, 0.2) is 0 Å². The van der Waals surface area contributed by atoms with Gasteiger partial charge in [-0.2, -0.15) is 0 Å². The fourth-order valence-electron chi connectivity index (χ4n) is 3.73. The third kappa shape index (κ3) is 5.39. The molecule has 1 heterocycles. The fourth-order valence-corrected chi connectivity index (χ4v) is 3.73. The van der Waals surface area contributed by atoms with E-state index >= 15 is 0 Å². The van der Waals surface area contributed by atoms with Gasteiger partial charge in [-0.15, -0.1) is 0 Å². The monoisotopic (exact) mass is 368 g/mol. The standard InChI is InChI=1S/C23H29FN2O/c1-17-7-8-18(2)21(15-17)16-26-13-10-20(11-14-26)23(27)25-12-9-19-5-3-4-6-22(19)24/h3-8,15,20H,9-14,16H2,1-2H3,(H,25,27). The fraction of sp³-hybridized carbons (Fsp3) is 0.435. The van der Waals surface area contributed by atoms with Gasteiger partial charge in [-0.05, 0) is 69.0 Å². The molecule has 0 aliphatic carbocycles. The first-order valence-corrected chi connectivity index (χ1v) is 9.82. The van der Waals surface area contributed by atoms with Gasteiger partial charge in [0.1, 0.15) is 5.82 Å². The van der Waals surface area contributed by atoms with Crippen LogP contribution < -0.4 is 5.32 Å². The van der Waals surface area contributed by atoms with Gasteiger partial charge in [0.25, 0.3) is 0 Å². The number of rotatable bonds is 6. The Morgan fingerprint density at radius 1 is 1.11 bits per heavy atom. The quantitative estimate of drug-likeness (QED) is 0.835. The lowest BCUT2D eigenvalue weighted by Crippen LogP contribution is -2.40. The third-order valence-corrected chi connectivity index (χ3v) is 5.51. The summed E-state index contributed by atoms with van der Waals surface area (Å²) in [4.78, 5) is 14.8. The molecule has 4 heteroatoms. The Bertz CT molecular complexity index is 782. The minimum Gasteiger partial charge on any atom is -0.356 e. The van der Waals surface area contributed by atoms with Crippen LogP contribution in [0.2, 0.25) is 0 Å². The number of hydrogen-bond acceptors (Lipinski definition) is 2. The van der Waals surface area contributed by atoms with Crippen LogP contribution in [-0.4, -0.2) is 30.4 Å². The molecule has 1 N–H and O–H groups in total. The van der Waals surface area contributed by atoms with E-state index in [4.69, 9.17) is 0 Å². The summed E-state index contributed by atoms with van der Waals surface area (Å²) < 4.78 is 13.6. The summed E-state index contributed by atoms with van der Waals surface area (Å²) in [6.07, 6.45) is 2.30. The number of aryl methyl sites for hydroxylation is 2. The average molecular weight is 368 g/mol. The maximum atomic E-state index is 13.6. The molecule has 0 atom stereocenters. The molecule has 1 aliphatic heterocycles. The van der Waals surface area contributed by atoms with E-state index in [2.05, 4.69) is 42.3 Å². The lowest BCUT2D eigenvalue weighted by atomic mass is 9.95. The van der Waals surface area contributed by atoms with Gasteiger partial charge >= 0.3 is 0 Å². The Hall–Kier alpha value is -2.20. The van der Waals surface area contributed by atoms with E-state index in [9.17, 15) is 9.18 Å². The van der Waals surface area contributed by atoms with E-state index in [1.165, 1.54) is 22.8 Å². The number of nitrogens with zero attached hydrogens (tertiary/aromatic N) is 1. The highest BCUT2D eigenvalue weighted by molar-refractivity contribution is 5.78. The molecule has 0 unspecified atom stereocenters. The van der Waals surface area contributed by atoms with Crippen LogP contribution in [0, 0.1) is 25.6 Å². The van der Waals surface area contributed by atoms with E-state index in [-0.39, 0.29) is 17.6 Å². The first-order valence-electron chi connectivity index (χ1n) is 9.82. The second-order valence-electron chi connectivity index (χ2n) is 7.61. The van der Waals surface area contributed by atoms with Crippen molar-refractivity contribution in [1.29, 1.82) is 0 Å². The maximum Gasteiger partial charge on any atom is 0.223 e. The van der Waals surface area contributed by atoms with Crippen molar-refractivity contribution in [2.75, 3.05) is 19.6 Å².